The molecule has 1 heterocycles. The lowest BCUT2D eigenvalue weighted by atomic mass is 10.2. The minimum absolute atomic E-state index is 0.117. The van der Waals surface area contributed by atoms with Crippen molar-refractivity contribution in [3.63, 3.8) is 0 Å². The molecule has 0 aliphatic carbocycles. The summed E-state index contributed by atoms with van der Waals surface area (Å²) in [6, 6.07) is 7.37. The molecule has 0 saturated carbocycles. The van der Waals surface area contributed by atoms with Crippen LogP contribution in [0.3, 0.4) is 0 Å². The number of benzene rings is 1. The lowest BCUT2D eigenvalue weighted by molar-refractivity contribution is 0.389. The van der Waals surface area contributed by atoms with Crippen LogP contribution < -0.4 is 0 Å². The van der Waals surface area contributed by atoms with Gasteiger partial charge in [0, 0.05) is 10.0 Å². The smallest absolute Gasteiger partial charge is 0.242 e. The molecule has 0 atom stereocenters. The maximum Gasteiger partial charge on any atom is 0.242 e. The summed E-state index contributed by atoms with van der Waals surface area (Å²) >= 11 is 3.34. The first-order valence-corrected chi connectivity index (χ1v) is 8.19. The van der Waals surface area contributed by atoms with E-state index < -0.39 is 15.1 Å². The molecule has 102 valence electrons. The maximum atomic E-state index is 11.8. The first-order chi connectivity index (χ1) is 8.88. The molecule has 0 aliphatic heterocycles. The Bertz CT molecular complexity index is 663. The third kappa shape index (κ3) is 3.42. The number of hydrogen-bond acceptors (Lipinski definition) is 5. The molecule has 5 nitrogen and oxygen atoms in total. The Balaban J connectivity index is 2.22. The average Bonchev–Trinajstić information content (AvgIpc) is 2.77. The minimum Gasteiger partial charge on any atom is -0.338 e. The van der Waals surface area contributed by atoms with E-state index in [2.05, 4.69) is 26.1 Å². The highest BCUT2D eigenvalue weighted by molar-refractivity contribution is 9.10. The Morgan fingerprint density at radius 2 is 1.89 bits per heavy atom. The van der Waals surface area contributed by atoms with Crippen LogP contribution in [0.1, 0.15) is 19.7 Å². The molecule has 1 aromatic heterocycles. The third-order valence-corrected chi connectivity index (χ3v) is 5.23. The second kappa shape index (κ2) is 5.42. The Labute approximate surface area is 120 Å². The number of aromatic nitrogens is 2. The van der Waals surface area contributed by atoms with Gasteiger partial charge >= 0.3 is 0 Å². The van der Waals surface area contributed by atoms with E-state index in [9.17, 15) is 8.42 Å². The van der Waals surface area contributed by atoms with Gasteiger partial charge in [-0.15, -0.1) is 0 Å². The van der Waals surface area contributed by atoms with Crippen molar-refractivity contribution in [1.29, 1.82) is 0 Å². The molecule has 0 aliphatic rings. The van der Waals surface area contributed by atoms with E-state index in [1.165, 1.54) is 0 Å². The number of rotatable bonds is 4. The molecule has 1 aromatic carbocycles. The molecule has 2 aromatic rings. The SMILES string of the molecule is CC(C)S(=O)(=O)Cc1nc(-c2ccc(Br)cc2)no1. The largest absolute Gasteiger partial charge is 0.338 e. The van der Waals surface area contributed by atoms with Crippen molar-refractivity contribution in [2.45, 2.75) is 24.9 Å². The zero-order valence-electron chi connectivity index (χ0n) is 10.5. The van der Waals surface area contributed by atoms with E-state index in [1.807, 2.05) is 24.3 Å². The molecule has 0 radical (unpaired) electrons. The number of nitrogens with zero attached hydrogens (tertiary/aromatic N) is 2. The molecule has 19 heavy (non-hydrogen) atoms. The van der Waals surface area contributed by atoms with Crippen LogP contribution in [0.5, 0.6) is 0 Å². The maximum absolute atomic E-state index is 11.8. The van der Waals surface area contributed by atoms with Crippen molar-refractivity contribution in [1.82, 2.24) is 10.1 Å². The molecule has 0 N–H and O–H groups in total. The lowest BCUT2D eigenvalue weighted by Crippen LogP contribution is -2.16. The van der Waals surface area contributed by atoms with Gasteiger partial charge in [-0.25, -0.2) is 8.42 Å². The zero-order valence-corrected chi connectivity index (χ0v) is 12.9. The predicted octanol–water partition coefficient (Wildman–Crippen LogP) is 2.82. The van der Waals surface area contributed by atoms with Crippen molar-refractivity contribution < 1.29 is 12.9 Å². The molecule has 0 amide bonds. The Morgan fingerprint density at radius 1 is 1.26 bits per heavy atom. The highest BCUT2D eigenvalue weighted by Crippen LogP contribution is 2.20. The van der Waals surface area contributed by atoms with Crippen LogP contribution >= 0.6 is 15.9 Å². The van der Waals surface area contributed by atoms with Gasteiger partial charge in [0.1, 0.15) is 5.75 Å². The van der Waals surface area contributed by atoms with E-state index in [0.29, 0.717) is 5.82 Å². The number of hydrogen-bond donors (Lipinski definition) is 0. The topological polar surface area (TPSA) is 73.1 Å². The number of sulfone groups is 1. The van der Waals surface area contributed by atoms with Gasteiger partial charge in [-0.3, -0.25) is 0 Å². The molecule has 2 rings (SSSR count). The van der Waals surface area contributed by atoms with Crippen molar-refractivity contribution in [2.75, 3.05) is 0 Å². The summed E-state index contributed by atoms with van der Waals surface area (Å²) in [4.78, 5) is 4.11. The Kier molecular flexibility index (Phi) is 4.05. The molecule has 7 heteroatoms. The summed E-state index contributed by atoms with van der Waals surface area (Å²) in [6.45, 7) is 3.25. The van der Waals surface area contributed by atoms with Crippen molar-refractivity contribution in [2.24, 2.45) is 0 Å². The third-order valence-electron chi connectivity index (χ3n) is 2.61. The van der Waals surface area contributed by atoms with Gasteiger partial charge < -0.3 is 4.52 Å². The van der Waals surface area contributed by atoms with Gasteiger partial charge in [-0.2, -0.15) is 4.98 Å². The van der Waals surface area contributed by atoms with Crippen molar-refractivity contribution in [3.8, 4) is 11.4 Å². The van der Waals surface area contributed by atoms with Gasteiger partial charge in [0.2, 0.25) is 11.7 Å². The van der Waals surface area contributed by atoms with Crippen LogP contribution in [0.15, 0.2) is 33.3 Å². The van der Waals surface area contributed by atoms with E-state index in [-0.39, 0.29) is 11.6 Å². The van der Waals surface area contributed by atoms with Crippen LogP contribution in [-0.2, 0) is 15.6 Å². The Hall–Kier alpha value is -1.21. The average molecular weight is 345 g/mol. The summed E-state index contributed by atoms with van der Waals surface area (Å²) in [5.74, 6) is 0.279. The van der Waals surface area contributed by atoms with Gasteiger partial charge in [-0.05, 0) is 38.1 Å². The van der Waals surface area contributed by atoms with Gasteiger partial charge in [-0.1, -0.05) is 21.1 Å². The van der Waals surface area contributed by atoms with E-state index >= 15 is 0 Å². The summed E-state index contributed by atoms with van der Waals surface area (Å²) in [5.41, 5.74) is 0.778. The monoisotopic (exact) mass is 344 g/mol. The highest BCUT2D eigenvalue weighted by Gasteiger charge is 2.21. The molecular formula is C12H13BrN2O3S. The summed E-state index contributed by atoms with van der Waals surface area (Å²) in [6.07, 6.45) is 0. The van der Waals surface area contributed by atoms with Gasteiger partial charge in [0.25, 0.3) is 0 Å². The fraction of sp³-hybridized carbons (Fsp3) is 0.333. The minimum atomic E-state index is -3.23. The predicted molar refractivity (Wildman–Crippen MR) is 75.2 cm³/mol. The second-order valence-electron chi connectivity index (χ2n) is 4.37. The van der Waals surface area contributed by atoms with Crippen LogP contribution in [-0.4, -0.2) is 23.8 Å². The lowest BCUT2D eigenvalue weighted by Gasteiger charge is -2.03. The van der Waals surface area contributed by atoms with E-state index in [0.717, 1.165) is 10.0 Å². The summed E-state index contributed by atoms with van der Waals surface area (Å²) < 4.78 is 29.4. The van der Waals surface area contributed by atoms with Crippen molar-refractivity contribution >= 4 is 25.8 Å². The second-order valence-corrected chi connectivity index (χ2v) is 7.85. The van der Waals surface area contributed by atoms with Crippen LogP contribution in [0.4, 0.5) is 0 Å². The normalized spacial score (nSPS) is 12.0. The quantitative estimate of drug-likeness (QED) is 0.852. The number of halogens is 1. The standard InChI is InChI=1S/C12H13BrN2O3S/c1-8(2)19(16,17)7-11-14-12(15-18-11)9-3-5-10(13)6-4-9/h3-6,8H,7H2,1-2H3. The van der Waals surface area contributed by atoms with Crippen LogP contribution in [0.2, 0.25) is 0 Å². The molecule has 0 fully saturated rings. The molecule has 0 spiro atoms. The molecular weight excluding hydrogens is 332 g/mol. The fourth-order valence-corrected chi connectivity index (χ4v) is 2.43. The van der Waals surface area contributed by atoms with Gasteiger partial charge in [0.05, 0.1) is 5.25 Å². The highest BCUT2D eigenvalue weighted by atomic mass is 79.9. The van der Waals surface area contributed by atoms with E-state index in [1.54, 1.807) is 13.8 Å². The van der Waals surface area contributed by atoms with Crippen LogP contribution in [0.25, 0.3) is 11.4 Å². The van der Waals surface area contributed by atoms with Gasteiger partial charge in [0.15, 0.2) is 9.84 Å². The van der Waals surface area contributed by atoms with E-state index in [4.69, 9.17) is 4.52 Å². The van der Waals surface area contributed by atoms with Crippen LogP contribution in [0, 0.1) is 0 Å². The first kappa shape index (κ1) is 14.2. The summed E-state index contributed by atoms with van der Waals surface area (Å²) in [5, 5.41) is 3.33. The van der Waals surface area contributed by atoms with Crippen molar-refractivity contribution in [3.05, 3.63) is 34.6 Å². The Morgan fingerprint density at radius 3 is 2.47 bits per heavy atom. The molecule has 0 saturated heterocycles. The molecule has 0 bridgehead atoms. The first-order valence-electron chi connectivity index (χ1n) is 5.68. The molecule has 0 unspecified atom stereocenters. The summed E-state index contributed by atoms with van der Waals surface area (Å²) in [7, 11) is -3.23. The zero-order chi connectivity index (χ0) is 14.0. The fourth-order valence-electron chi connectivity index (χ4n) is 1.37.